The van der Waals surface area contributed by atoms with E-state index in [4.69, 9.17) is 0 Å². The van der Waals surface area contributed by atoms with Crippen molar-refractivity contribution in [2.45, 2.75) is 24.1 Å². The molecule has 4 aromatic rings. The van der Waals surface area contributed by atoms with E-state index in [9.17, 15) is 27.1 Å². The van der Waals surface area contributed by atoms with Crippen LogP contribution in [0.5, 0.6) is 5.75 Å². The molecule has 0 saturated carbocycles. The Labute approximate surface area is 204 Å². The van der Waals surface area contributed by atoms with Gasteiger partial charge >= 0.3 is 12.1 Å². The first-order valence-corrected chi connectivity index (χ1v) is 10.6. The summed E-state index contributed by atoms with van der Waals surface area (Å²) in [5, 5.41) is 23.6. The summed E-state index contributed by atoms with van der Waals surface area (Å²) in [6.45, 7) is -1.46. The number of aromatic amines is 1. The van der Waals surface area contributed by atoms with E-state index in [2.05, 4.69) is 25.4 Å². The lowest BCUT2D eigenvalue weighted by atomic mass is 9.80. The maximum absolute atomic E-state index is 15.8. The molecule has 0 saturated heterocycles. The number of hydrogen-bond acceptors (Lipinski definition) is 5. The number of ether oxygens (including phenoxy) is 1. The molecule has 1 heterocycles. The fourth-order valence-corrected chi connectivity index (χ4v) is 3.71. The highest BCUT2D eigenvalue weighted by atomic mass is 19.4. The molecule has 0 aliphatic heterocycles. The lowest BCUT2D eigenvalue weighted by Gasteiger charge is -2.36. The second-order valence-electron chi connectivity index (χ2n) is 8.07. The molecule has 0 bridgehead atoms. The van der Waals surface area contributed by atoms with Gasteiger partial charge < -0.3 is 9.84 Å². The van der Waals surface area contributed by atoms with Crippen molar-refractivity contribution in [1.82, 2.24) is 20.6 Å². The summed E-state index contributed by atoms with van der Waals surface area (Å²) in [5.74, 6) is -6.91. The van der Waals surface area contributed by atoms with Gasteiger partial charge in [0.05, 0.1) is 6.42 Å². The predicted octanol–water partition coefficient (Wildman–Crippen LogP) is 5.31. The van der Waals surface area contributed by atoms with Crippen molar-refractivity contribution in [3.63, 3.8) is 0 Å². The quantitative estimate of drug-likeness (QED) is 0.304. The number of alkyl halides is 5. The van der Waals surface area contributed by atoms with Gasteiger partial charge in [-0.1, -0.05) is 47.7 Å². The molecule has 2 N–H and O–H groups in total. The van der Waals surface area contributed by atoms with Gasteiger partial charge in [0.25, 0.3) is 0 Å². The first kappa shape index (κ1) is 26.1. The molecule has 194 valence electrons. The van der Waals surface area contributed by atoms with Gasteiger partial charge in [0.2, 0.25) is 0 Å². The number of tetrazole rings is 1. The molecule has 4 rings (SSSR count). The molecule has 0 aliphatic carbocycles. The Morgan fingerprint density at radius 1 is 0.838 bits per heavy atom. The largest absolute Gasteiger partial charge is 0.484 e. The van der Waals surface area contributed by atoms with Gasteiger partial charge in [0.15, 0.2) is 18.0 Å². The monoisotopic (exact) mass is 526 g/mol. The van der Waals surface area contributed by atoms with Crippen molar-refractivity contribution in [3.05, 3.63) is 95.3 Å². The average Bonchev–Trinajstić information content (AvgIpc) is 3.35. The van der Waals surface area contributed by atoms with Crippen LogP contribution in [0.25, 0.3) is 11.1 Å². The topological polar surface area (TPSA) is 83.9 Å². The molecule has 37 heavy (non-hydrogen) atoms. The summed E-state index contributed by atoms with van der Waals surface area (Å²) in [6, 6.07) is 11.9. The Hall–Kier alpha value is -4.00. The number of aliphatic hydroxyl groups is 1. The number of hydrogen-bond donors (Lipinski definition) is 2. The first-order valence-electron chi connectivity index (χ1n) is 10.6. The molecule has 0 amide bonds. The maximum Gasteiger partial charge on any atom is 0.422 e. The number of H-pyrrole nitrogens is 1. The SMILES string of the molecule is OC(Cc1nn[nH]n1)(c1ccc(F)cc1F)C(F)(F)c1ccc(-c2ccc(OCC(F)(F)F)cc2)cc1. The molecular weight excluding hydrogens is 509 g/mol. The highest BCUT2D eigenvalue weighted by Crippen LogP contribution is 2.48. The van der Waals surface area contributed by atoms with E-state index in [-0.39, 0.29) is 11.6 Å². The normalized spacial score (nSPS) is 13.8. The van der Waals surface area contributed by atoms with Crippen LogP contribution < -0.4 is 4.74 Å². The Morgan fingerprint density at radius 2 is 1.46 bits per heavy atom. The summed E-state index contributed by atoms with van der Waals surface area (Å²) < 4.78 is 101. The van der Waals surface area contributed by atoms with Crippen LogP contribution in [0.15, 0.2) is 66.7 Å². The van der Waals surface area contributed by atoms with Crippen LogP contribution >= 0.6 is 0 Å². The fraction of sp³-hybridized carbons (Fsp3) is 0.208. The van der Waals surface area contributed by atoms with Crippen LogP contribution in [0.1, 0.15) is 17.0 Å². The van der Waals surface area contributed by atoms with Crippen LogP contribution in [0.3, 0.4) is 0 Å². The molecule has 0 fully saturated rings. The van der Waals surface area contributed by atoms with Crippen molar-refractivity contribution in [2.24, 2.45) is 0 Å². The predicted molar refractivity (Wildman–Crippen MR) is 115 cm³/mol. The number of halogens is 7. The van der Waals surface area contributed by atoms with E-state index in [1.807, 2.05) is 0 Å². The molecule has 0 spiro atoms. The summed E-state index contributed by atoms with van der Waals surface area (Å²) in [7, 11) is 0. The summed E-state index contributed by atoms with van der Waals surface area (Å²) in [4.78, 5) is 0. The third-order valence-electron chi connectivity index (χ3n) is 5.54. The van der Waals surface area contributed by atoms with Gasteiger partial charge in [-0.3, -0.25) is 0 Å². The standard InChI is InChI=1S/C24H17F7N4O2/c25-17-7-10-19(20(26)11-17)22(36,12-21-32-34-35-33-21)24(30,31)16-5-1-14(2-6-16)15-3-8-18(9-4-15)37-13-23(27,28)29/h1-11,36H,12-13H2,(H,32,33,34,35). The lowest BCUT2D eigenvalue weighted by molar-refractivity contribution is -0.197. The van der Waals surface area contributed by atoms with Crippen LogP contribution in [0, 0.1) is 11.6 Å². The summed E-state index contributed by atoms with van der Waals surface area (Å²) in [6.07, 6.45) is -5.46. The Morgan fingerprint density at radius 3 is 2.00 bits per heavy atom. The Bertz CT molecular complexity index is 1350. The average molecular weight is 526 g/mol. The number of aromatic nitrogens is 4. The van der Waals surface area contributed by atoms with Gasteiger partial charge in [-0.2, -0.15) is 27.2 Å². The second kappa shape index (κ2) is 9.81. The lowest BCUT2D eigenvalue weighted by Crippen LogP contribution is -2.46. The Kier molecular flexibility index (Phi) is 6.91. The maximum atomic E-state index is 15.8. The van der Waals surface area contributed by atoms with Gasteiger partial charge in [0.1, 0.15) is 17.4 Å². The zero-order chi connectivity index (χ0) is 26.8. The van der Waals surface area contributed by atoms with Gasteiger partial charge in [-0.05, 0) is 29.3 Å². The van der Waals surface area contributed by atoms with E-state index >= 15 is 8.78 Å². The van der Waals surface area contributed by atoms with Crippen LogP contribution in [-0.2, 0) is 17.9 Å². The van der Waals surface area contributed by atoms with E-state index < -0.39 is 53.5 Å². The zero-order valence-corrected chi connectivity index (χ0v) is 18.6. The van der Waals surface area contributed by atoms with Gasteiger partial charge in [-0.25, -0.2) is 8.78 Å². The first-order chi connectivity index (χ1) is 17.4. The van der Waals surface area contributed by atoms with Crippen molar-refractivity contribution in [3.8, 4) is 16.9 Å². The molecule has 1 atom stereocenters. The highest BCUT2D eigenvalue weighted by molar-refractivity contribution is 5.64. The van der Waals surface area contributed by atoms with Crippen molar-refractivity contribution >= 4 is 0 Å². The van der Waals surface area contributed by atoms with Crippen molar-refractivity contribution < 1.29 is 40.6 Å². The van der Waals surface area contributed by atoms with E-state index in [1.54, 1.807) is 0 Å². The van der Waals surface area contributed by atoms with E-state index in [0.717, 1.165) is 24.3 Å². The minimum absolute atomic E-state index is 0.0305. The second-order valence-corrected chi connectivity index (χ2v) is 8.07. The molecule has 13 heteroatoms. The summed E-state index contributed by atoms with van der Waals surface area (Å²) >= 11 is 0. The minimum atomic E-state index is -4.50. The molecule has 1 aromatic heterocycles. The third kappa shape index (κ3) is 5.56. The van der Waals surface area contributed by atoms with E-state index in [0.29, 0.717) is 17.2 Å². The smallest absolute Gasteiger partial charge is 0.422 e. The van der Waals surface area contributed by atoms with Gasteiger partial charge in [-0.15, -0.1) is 10.2 Å². The van der Waals surface area contributed by atoms with Crippen molar-refractivity contribution in [2.75, 3.05) is 6.61 Å². The molecule has 0 aliphatic rings. The zero-order valence-electron chi connectivity index (χ0n) is 18.6. The molecule has 3 aromatic carbocycles. The molecule has 0 radical (unpaired) electrons. The van der Waals surface area contributed by atoms with Gasteiger partial charge in [0, 0.05) is 17.2 Å². The molecule has 1 unspecified atom stereocenters. The minimum Gasteiger partial charge on any atom is -0.484 e. The van der Waals surface area contributed by atoms with Crippen LogP contribution in [0.4, 0.5) is 30.7 Å². The Balaban J connectivity index is 1.64. The van der Waals surface area contributed by atoms with Crippen LogP contribution in [-0.4, -0.2) is 38.5 Å². The van der Waals surface area contributed by atoms with E-state index in [1.165, 1.54) is 36.4 Å². The molecule has 6 nitrogen and oxygen atoms in total. The third-order valence-corrected chi connectivity index (χ3v) is 5.54. The van der Waals surface area contributed by atoms with Crippen LogP contribution in [0.2, 0.25) is 0 Å². The van der Waals surface area contributed by atoms with Crippen molar-refractivity contribution in [1.29, 1.82) is 0 Å². The number of benzene rings is 3. The number of nitrogens with one attached hydrogen (secondary N) is 1. The molecular formula is C24H17F7N4O2. The summed E-state index contributed by atoms with van der Waals surface area (Å²) in [5.41, 5.74) is -3.89. The number of rotatable bonds is 8. The number of nitrogens with zero attached hydrogens (tertiary/aromatic N) is 3. The highest BCUT2D eigenvalue weighted by Gasteiger charge is 2.56. The fourth-order valence-electron chi connectivity index (χ4n) is 3.71.